The van der Waals surface area contributed by atoms with Crippen molar-refractivity contribution in [1.82, 2.24) is 10.3 Å². The molecule has 1 fully saturated rings. The van der Waals surface area contributed by atoms with Gasteiger partial charge in [0.05, 0.1) is 0 Å². The molecule has 0 bridgehead atoms. The lowest BCUT2D eigenvalue weighted by atomic mass is 10.0. The fourth-order valence-corrected chi connectivity index (χ4v) is 2.18. The number of piperidine rings is 1. The van der Waals surface area contributed by atoms with Gasteiger partial charge in [0.25, 0.3) is 0 Å². The van der Waals surface area contributed by atoms with Crippen molar-refractivity contribution in [2.24, 2.45) is 0 Å². The van der Waals surface area contributed by atoms with Crippen molar-refractivity contribution >= 4 is 5.82 Å². The standard InChI is InChI=1S/C12H19N3O/c1-15(9-10-5-2-3-7-13-10)12-11(16)6-4-8-14-12/h4,6,8,10,13,16H,2-3,5,7,9H2,1H3. The zero-order valence-corrected chi connectivity index (χ0v) is 9.69. The number of aromatic hydroxyl groups is 1. The average molecular weight is 221 g/mol. The number of rotatable bonds is 3. The third-order valence-corrected chi connectivity index (χ3v) is 3.03. The molecule has 1 aliphatic rings. The number of hydrogen-bond acceptors (Lipinski definition) is 4. The predicted molar refractivity (Wildman–Crippen MR) is 64.8 cm³/mol. The summed E-state index contributed by atoms with van der Waals surface area (Å²) in [5.74, 6) is 0.913. The molecule has 1 atom stereocenters. The molecule has 0 saturated carbocycles. The van der Waals surface area contributed by atoms with Gasteiger partial charge < -0.3 is 15.3 Å². The first-order valence-electron chi connectivity index (χ1n) is 5.86. The highest BCUT2D eigenvalue weighted by molar-refractivity contribution is 5.50. The second kappa shape index (κ2) is 5.16. The molecular formula is C12H19N3O. The van der Waals surface area contributed by atoms with E-state index in [-0.39, 0.29) is 5.75 Å². The number of pyridine rings is 1. The van der Waals surface area contributed by atoms with Crippen molar-refractivity contribution in [3.63, 3.8) is 0 Å². The van der Waals surface area contributed by atoms with Crippen molar-refractivity contribution in [2.45, 2.75) is 25.3 Å². The van der Waals surface area contributed by atoms with Crippen LogP contribution in [-0.2, 0) is 0 Å². The number of anilines is 1. The Hall–Kier alpha value is -1.29. The summed E-state index contributed by atoms with van der Waals surface area (Å²) in [6.07, 6.45) is 5.48. The maximum atomic E-state index is 9.69. The highest BCUT2D eigenvalue weighted by Crippen LogP contribution is 2.22. The largest absolute Gasteiger partial charge is 0.504 e. The van der Waals surface area contributed by atoms with Crippen LogP contribution in [0, 0.1) is 0 Å². The second-order valence-corrected chi connectivity index (χ2v) is 4.37. The summed E-state index contributed by atoms with van der Waals surface area (Å²) in [5, 5.41) is 13.2. The van der Waals surface area contributed by atoms with Crippen molar-refractivity contribution in [1.29, 1.82) is 0 Å². The fourth-order valence-electron chi connectivity index (χ4n) is 2.18. The number of likely N-dealkylation sites (N-methyl/N-ethyl adjacent to an activating group) is 1. The molecule has 1 saturated heterocycles. The van der Waals surface area contributed by atoms with E-state index in [1.54, 1.807) is 18.3 Å². The molecule has 1 aliphatic heterocycles. The number of nitrogens with zero attached hydrogens (tertiary/aromatic N) is 2. The molecule has 0 radical (unpaired) electrons. The van der Waals surface area contributed by atoms with Crippen LogP contribution in [-0.4, -0.2) is 36.3 Å². The predicted octanol–water partition coefficient (Wildman–Crippen LogP) is 1.37. The summed E-state index contributed by atoms with van der Waals surface area (Å²) in [6, 6.07) is 3.93. The van der Waals surface area contributed by atoms with E-state index in [9.17, 15) is 5.11 Å². The van der Waals surface area contributed by atoms with Crippen LogP contribution in [0.2, 0.25) is 0 Å². The molecule has 88 valence electrons. The Morgan fingerprint density at radius 1 is 1.56 bits per heavy atom. The lowest BCUT2D eigenvalue weighted by Crippen LogP contribution is -2.42. The van der Waals surface area contributed by atoms with Crippen LogP contribution < -0.4 is 10.2 Å². The number of nitrogens with one attached hydrogen (secondary N) is 1. The summed E-state index contributed by atoms with van der Waals surface area (Å²) in [5.41, 5.74) is 0. The maximum absolute atomic E-state index is 9.69. The highest BCUT2D eigenvalue weighted by Gasteiger charge is 2.16. The lowest BCUT2D eigenvalue weighted by molar-refractivity contribution is 0.401. The summed E-state index contributed by atoms with van der Waals surface area (Å²) in [4.78, 5) is 6.20. The Kier molecular flexibility index (Phi) is 3.62. The molecule has 0 amide bonds. The molecular weight excluding hydrogens is 202 g/mol. The molecule has 0 aromatic carbocycles. The first-order chi connectivity index (χ1) is 7.77. The molecule has 16 heavy (non-hydrogen) atoms. The van der Waals surface area contributed by atoms with Gasteiger partial charge in [-0.3, -0.25) is 0 Å². The van der Waals surface area contributed by atoms with Crippen LogP contribution in [0.3, 0.4) is 0 Å². The normalized spacial score (nSPS) is 20.7. The molecule has 4 heteroatoms. The zero-order chi connectivity index (χ0) is 11.4. The summed E-state index contributed by atoms with van der Waals surface area (Å²) < 4.78 is 0. The Morgan fingerprint density at radius 2 is 2.44 bits per heavy atom. The monoisotopic (exact) mass is 221 g/mol. The van der Waals surface area contributed by atoms with Crippen molar-refractivity contribution in [2.75, 3.05) is 25.0 Å². The van der Waals surface area contributed by atoms with E-state index in [0.717, 1.165) is 13.1 Å². The van der Waals surface area contributed by atoms with E-state index in [1.165, 1.54) is 19.3 Å². The topological polar surface area (TPSA) is 48.4 Å². The smallest absolute Gasteiger partial charge is 0.170 e. The molecule has 2 N–H and O–H groups in total. The maximum Gasteiger partial charge on any atom is 0.170 e. The van der Waals surface area contributed by atoms with Crippen LogP contribution in [0.1, 0.15) is 19.3 Å². The van der Waals surface area contributed by atoms with Gasteiger partial charge in [0.2, 0.25) is 0 Å². The van der Waals surface area contributed by atoms with Gasteiger partial charge in [0.15, 0.2) is 11.6 Å². The van der Waals surface area contributed by atoms with E-state index >= 15 is 0 Å². The Morgan fingerprint density at radius 3 is 3.12 bits per heavy atom. The number of hydrogen-bond donors (Lipinski definition) is 2. The lowest BCUT2D eigenvalue weighted by Gasteiger charge is -2.28. The highest BCUT2D eigenvalue weighted by atomic mass is 16.3. The van der Waals surface area contributed by atoms with E-state index in [0.29, 0.717) is 11.9 Å². The van der Waals surface area contributed by atoms with Gasteiger partial charge in [0.1, 0.15) is 0 Å². The first kappa shape index (κ1) is 11.2. The third-order valence-electron chi connectivity index (χ3n) is 3.03. The van der Waals surface area contributed by atoms with Gasteiger partial charge >= 0.3 is 0 Å². The minimum Gasteiger partial charge on any atom is -0.504 e. The average Bonchev–Trinajstić information content (AvgIpc) is 2.31. The third kappa shape index (κ3) is 2.64. The SMILES string of the molecule is CN(CC1CCCCN1)c1ncccc1O. The molecule has 0 aliphatic carbocycles. The van der Waals surface area contributed by atoms with Crippen LogP contribution >= 0.6 is 0 Å². The van der Waals surface area contributed by atoms with E-state index in [1.807, 2.05) is 11.9 Å². The Balaban J connectivity index is 1.96. The summed E-state index contributed by atoms with van der Waals surface area (Å²) in [7, 11) is 1.97. The van der Waals surface area contributed by atoms with Crippen molar-refractivity contribution in [3.8, 4) is 5.75 Å². The molecule has 1 unspecified atom stereocenters. The summed E-state index contributed by atoms with van der Waals surface area (Å²) >= 11 is 0. The fraction of sp³-hybridized carbons (Fsp3) is 0.583. The van der Waals surface area contributed by atoms with Gasteiger partial charge in [-0.2, -0.15) is 0 Å². The van der Waals surface area contributed by atoms with E-state index in [4.69, 9.17) is 0 Å². The Bertz CT molecular complexity index is 337. The minimum absolute atomic E-state index is 0.251. The van der Waals surface area contributed by atoms with Crippen LogP contribution in [0.4, 0.5) is 5.82 Å². The van der Waals surface area contributed by atoms with Gasteiger partial charge in [-0.25, -0.2) is 4.98 Å². The van der Waals surface area contributed by atoms with Gasteiger partial charge in [0, 0.05) is 25.8 Å². The first-order valence-corrected chi connectivity index (χ1v) is 5.86. The molecule has 4 nitrogen and oxygen atoms in total. The molecule has 1 aromatic rings. The van der Waals surface area contributed by atoms with Gasteiger partial charge in [-0.1, -0.05) is 6.42 Å². The number of aromatic nitrogens is 1. The molecule has 2 heterocycles. The second-order valence-electron chi connectivity index (χ2n) is 4.37. The van der Waals surface area contributed by atoms with Crippen molar-refractivity contribution < 1.29 is 5.11 Å². The Labute approximate surface area is 96.3 Å². The van der Waals surface area contributed by atoms with Crippen molar-refractivity contribution in [3.05, 3.63) is 18.3 Å². The van der Waals surface area contributed by atoms with Crippen LogP contribution in [0.25, 0.3) is 0 Å². The molecule has 2 rings (SSSR count). The van der Waals surface area contributed by atoms with Crippen LogP contribution in [0.15, 0.2) is 18.3 Å². The zero-order valence-electron chi connectivity index (χ0n) is 9.69. The molecule has 1 aromatic heterocycles. The van der Waals surface area contributed by atoms with Gasteiger partial charge in [-0.05, 0) is 31.5 Å². The van der Waals surface area contributed by atoms with E-state index in [2.05, 4.69) is 10.3 Å². The summed E-state index contributed by atoms with van der Waals surface area (Å²) in [6.45, 7) is 2.00. The van der Waals surface area contributed by atoms with Gasteiger partial charge in [-0.15, -0.1) is 0 Å². The van der Waals surface area contributed by atoms with E-state index < -0.39 is 0 Å². The molecule has 0 spiro atoms. The quantitative estimate of drug-likeness (QED) is 0.809. The van der Waals surface area contributed by atoms with Crippen LogP contribution in [0.5, 0.6) is 5.75 Å². The minimum atomic E-state index is 0.251.